The number of anilines is 1. The highest BCUT2D eigenvalue weighted by Gasteiger charge is 2.17. The third-order valence-electron chi connectivity index (χ3n) is 3.37. The van der Waals surface area contributed by atoms with Crippen LogP contribution >= 0.6 is 15.9 Å². The van der Waals surface area contributed by atoms with Gasteiger partial charge in [-0.1, -0.05) is 15.9 Å². The summed E-state index contributed by atoms with van der Waals surface area (Å²) in [6, 6.07) is 5.79. The zero-order valence-corrected chi connectivity index (χ0v) is 14.1. The SMILES string of the molecule is Cc1cc(NC(=O)CN(C)CC2CNCCO2)ccc1Br. The van der Waals surface area contributed by atoms with Gasteiger partial charge in [0.15, 0.2) is 0 Å². The normalized spacial score (nSPS) is 18.8. The molecule has 21 heavy (non-hydrogen) atoms. The van der Waals surface area contributed by atoms with Gasteiger partial charge in [-0.05, 0) is 37.7 Å². The Labute approximate surface area is 134 Å². The summed E-state index contributed by atoms with van der Waals surface area (Å²) in [5.41, 5.74) is 1.92. The van der Waals surface area contributed by atoms with Crippen molar-refractivity contribution in [3.05, 3.63) is 28.2 Å². The van der Waals surface area contributed by atoms with Gasteiger partial charge in [0.05, 0.1) is 19.3 Å². The molecule has 0 aromatic heterocycles. The molecule has 0 spiro atoms. The lowest BCUT2D eigenvalue weighted by Gasteiger charge is -2.27. The molecule has 1 unspecified atom stereocenters. The van der Waals surface area contributed by atoms with Crippen LogP contribution in [0.5, 0.6) is 0 Å². The molecule has 2 rings (SSSR count). The molecule has 1 aliphatic heterocycles. The number of benzene rings is 1. The molecule has 1 fully saturated rings. The third kappa shape index (κ3) is 5.39. The van der Waals surface area contributed by atoms with Crippen molar-refractivity contribution in [2.75, 3.05) is 45.2 Å². The Morgan fingerprint density at radius 3 is 3.05 bits per heavy atom. The average molecular weight is 356 g/mol. The Kier molecular flexibility index (Phi) is 6.17. The van der Waals surface area contributed by atoms with Crippen LogP contribution in [-0.2, 0) is 9.53 Å². The standard InChI is InChI=1S/C15H22BrN3O2/c1-11-7-12(3-4-14(11)16)18-15(20)10-19(2)9-13-8-17-5-6-21-13/h3-4,7,13,17H,5-6,8-10H2,1-2H3,(H,18,20). The average Bonchev–Trinajstić information content (AvgIpc) is 2.43. The topological polar surface area (TPSA) is 53.6 Å². The smallest absolute Gasteiger partial charge is 0.238 e. The minimum atomic E-state index is -0.0111. The van der Waals surface area contributed by atoms with Crippen LogP contribution in [0.25, 0.3) is 0 Å². The van der Waals surface area contributed by atoms with Crippen LogP contribution in [-0.4, -0.2) is 56.7 Å². The van der Waals surface area contributed by atoms with E-state index in [-0.39, 0.29) is 12.0 Å². The molecule has 116 valence electrons. The maximum absolute atomic E-state index is 12.0. The van der Waals surface area contributed by atoms with E-state index in [1.165, 1.54) is 0 Å². The second kappa shape index (κ2) is 7.89. The lowest BCUT2D eigenvalue weighted by atomic mass is 10.2. The van der Waals surface area contributed by atoms with Crippen LogP contribution < -0.4 is 10.6 Å². The first-order chi connectivity index (χ1) is 10.0. The van der Waals surface area contributed by atoms with Gasteiger partial charge < -0.3 is 15.4 Å². The van der Waals surface area contributed by atoms with Gasteiger partial charge in [0.2, 0.25) is 5.91 Å². The summed E-state index contributed by atoms with van der Waals surface area (Å²) < 4.78 is 6.68. The maximum Gasteiger partial charge on any atom is 0.238 e. The number of likely N-dealkylation sites (N-methyl/N-ethyl adjacent to an activating group) is 1. The summed E-state index contributed by atoms with van der Waals surface area (Å²) in [6.07, 6.45) is 0.159. The fraction of sp³-hybridized carbons (Fsp3) is 0.533. The molecule has 5 nitrogen and oxygen atoms in total. The van der Waals surface area contributed by atoms with Crippen LogP contribution in [0.3, 0.4) is 0 Å². The van der Waals surface area contributed by atoms with E-state index in [2.05, 4.69) is 26.6 Å². The second-order valence-electron chi connectivity index (χ2n) is 5.41. The van der Waals surface area contributed by atoms with Gasteiger partial charge in [-0.25, -0.2) is 0 Å². The molecule has 1 aromatic carbocycles. The summed E-state index contributed by atoms with van der Waals surface area (Å²) in [6.45, 7) is 5.60. The van der Waals surface area contributed by atoms with E-state index in [4.69, 9.17) is 4.74 Å². The molecule has 1 aliphatic rings. The Balaban J connectivity index is 1.78. The number of hydrogen-bond donors (Lipinski definition) is 2. The number of aryl methyl sites for hydroxylation is 1. The number of rotatable bonds is 5. The molecule has 1 amide bonds. The first-order valence-electron chi connectivity index (χ1n) is 7.11. The highest BCUT2D eigenvalue weighted by Crippen LogP contribution is 2.19. The van der Waals surface area contributed by atoms with Gasteiger partial charge in [-0.2, -0.15) is 0 Å². The number of morpholine rings is 1. The fourth-order valence-corrected chi connectivity index (χ4v) is 2.56. The number of amides is 1. The molecule has 2 N–H and O–H groups in total. The van der Waals surface area contributed by atoms with Crippen molar-refractivity contribution in [1.82, 2.24) is 10.2 Å². The van der Waals surface area contributed by atoms with Gasteiger partial charge in [-0.15, -0.1) is 0 Å². The second-order valence-corrected chi connectivity index (χ2v) is 6.26. The summed E-state index contributed by atoms with van der Waals surface area (Å²) in [5.74, 6) is -0.0111. The molecule has 1 heterocycles. The van der Waals surface area contributed by atoms with Crippen molar-refractivity contribution in [3.8, 4) is 0 Å². The molecule has 1 aromatic rings. The highest BCUT2D eigenvalue weighted by molar-refractivity contribution is 9.10. The van der Waals surface area contributed by atoms with Gasteiger partial charge in [-0.3, -0.25) is 9.69 Å². The van der Waals surface area contributed by atoms with Gasteiger partial charge in [0.25, 0.3) is 0 Å². The van der Waals surface area contributed by atoms with E-state index in [0.29, 0.717) is 6.54 Å². The van der Waals surface area contributed by atoms with Crippen molar-refractivity contribution in [3.63, 3.8) is 0 Å². The van der Waals surface area contributed by atoms with E-state index in [9.17, 15) is 4.79 Å². The number of halogens is 1. The first-order valence-corrected chi connectivity index (χ1v) is 7.91. The molecule has 1 atom stereocenters. The third-order valence-corrected chi connectivity index (χ3v) is 4.26. The summed E-state index contributed by atoms with van der Waals surface area (Å²) >= 11 is 3.45. The van der Waals surface area contributed by atoms with Gasteiger partial charge in [0, 0.05) is 29.8 Å². The van der Waals surface area contributed by atoms with Crippen LogP contribution in [0.2, 0.25) is 0 Å². The largest absolute Gasteiger partial charge is 0.374 e. The minimum absolute atomic E-state index is 0.0111. The molecular formula is C15H22BrN3O2. The number of ether oxygens (including phenoxy) is 1. The zero-order valence-electron chi connectivity index (χ0n) is 12.5. The van der Waals surface area contributed by atoms with Crippen LogP contribution in [0.15, 0.2) is 22.7 Å². The zero-order chi connectivity index (χ0) is 15.2. The van der Waals surface area contributed by atoms with E-state index in [1.54, 1.807) is 0 Å². The van der Waals surface area contributed by atoms with Crippen LogP contribution in [0, 0.1) is 6.92 Å². The number of nitrogens with zero attached hydrogens (tertiary/aromatic N) is 1. The molecule has 0 radical (unpaired) electrons. The van der Waals surface area contributed by atoms with Gasteiger partial charge in [0.1, 0.15) is 0 Å². The first kappa shape index (κ1) is 16.4. The Morgan fingerprint density at radius 2 is 2.38 bits per heavy atom. The molecule has 1 saturated heterocycles. The Hall–Kier alpha value is -0.950. The number of carbonyl (C=O) groups excluding carboxylic acids is 1. The lowest BCUT2D eigenvalue weighted by Crippen LogP contribution is -2.45. The van der Waals surface area contributed by atoms with Crippen LogP contribution in [0.4, 0.5) is 5.69 Å². The number of nitrogens with one attached hydrogen (secondary N) is 2. The summed E-state index contributed by atoms with van der Waals surface area (Å²) in [4.78, 5) is 14.0. The lowest BCUT2D eigenvalue weighted by molar-refractivity contribution is -0.117. The van der Waals surface area contributed by atoms with Gasteiger partial charge >= 0.3 is 0 Å². The molecular weight excluding hydrogens is 334 g/mol. The number of carbonyl (C=O) groups is 1. The quantitative estimate of drug-likeness (QED) is 0.842. The minimum Gasteiger partial charge on any atom is -0.374 e. The fourth-order valence-electron chi connectivity index (χ4n) is 2.32. The maximum atomic E-state index is 12.0. The van der Waals surface area contributed by atoms with Crippen molar-refractivity contribution < 1.29 is 9.53 Å². The Morgan fingerprint density at radius 1 is 1.57 bits per heavy atom. The summed E-state index contributed by atoms with van der Waals surface area (Å²) in [5, 5.41) is 6.21. The molecule has 0 saturated carbocycles. The molecule has 6 heteroatoms. The highest BCUT2D eigenvalue weighted by atomic mass is 79.9. The van der Waals surface area contributed by atoms with Crippen molar-refractivity contribution in [2.24, 2.45) is 0 Å². The molecule has 0 aliphatic carbocycles. The molecule has 0 bridgehead atoms. The predicted molar refractivity (Wildman–Crippen MR) is 87.6 cm³/mol. The summed E-state index contributed by atoms with van der Waals surface area (Å²) in [7, 11) is 1.93. The van der Waals surface area contributed by atoms with Crippen LogP contribution in [0.1, 0.15) is 5.56 Å². The number of hydrogen-bond acceptors (Lipinski definition) is 4. The van der Waals surface area contributed by atoms with Crippen molar-refractivity contribution >= 4 is 27.5 Å². The monoisotopic (exact) mass is 355 g/mol. The van der Waals surface area contributed by atoms with E-state index in [1.807, 2.05) is 37.1 Å². The van der Waals surface area contributed by atoms with Crippen molar-refractivity contribution in [1.29, 1.82) is 0 Å². The van der Waals surface area contributed by atoms with E-state index < -0.39 is 0 Å². The van der Waals surface area contributed by atoms with E-state index in [0.717, 1.165) is 42.0 Å². The van der Waals surface area contributed by atoms with E-state index >= 15 is 0 Å². The van der Waals surface area contributed by atoms with Crippen molar-refractivity contribution in [2.45, 2.75) is 13.0 Å². The predicted octanol–water partition coefficient (Wildman–Crippen LogP) is 1.62. The Bertz CT molecular complexity index is 490.